The van der Waals surface area contributed by atoms with Gasteiger partial charge in [-0.15, -0.1) is 11.3 Å². The Hall–Kier alpha value is -1.92. The summed E-state index contributed by atoms with van der Waals surface area (Å²) in [6, 6.07) is 8.04. The molecule has 0 aliphatic carbocycles. The van der Waals surface area contributed by atoms with E-state index in [2.05, 4.69) is 34.2 Å². The molecule has 1 amide bonds. The van der Waals surface area contributed by atoms with E-state index in [0.29, 0.717) is 0 Å². The number of rotatable bonds is 5. The van der Waals surface area contributed by atoms with Gasteiger partial charge in [-0.1, -0.05) is 31.9 Å². The molecule has 3 heterocycles. The van der Waals surface area contributed by atoms with Crippen molar-refractivity contribution < 1.29 is 4.79 Å². The van der Waals surface area contributed by atoms with Crippen LogP contribution in [0.2, 0.25) is 0 Å². The van der Waals surface area contributed by atoms with E-state index in [0.717, 1.165) is 49.8 Å². The molecule has 0 saturated carbocycles. The molecule has 0 unspecified atom stereocenters. The number of aromatic nitrogens is 1. The minimum Gasteiger partial charge on any atom is -0.345 e. The maximum absolute atomic E-state index is 12.8. The fourth-order valence-electron chi connectivity index (χ4n) is 4.20. The van der Waals surface area contributed by atoms with Crippen molar-refractivity contribution in [2.45, 2.75) is 45.6 Å². The topological polar surface area (TPSA) is 39.7 Å². The molecule has 2 saturated heterocycles. The average Bonchev–Trinajstić information content (AvgIpc) is 3.08. The van der Waals surface area contributed by atoms with Crippen LogP contribution in [0.4, 0.5) is 5.13 Å². The van der Waals surface area contributed by atoms with Crippen LogP contribution in [0, 0.1) is 0 Å². The van der Waals surface area contributed by atoms with Gasteiger partial charge in [-0.2, -0.15) is 0 Å². The number of thiazole rings is 1. The van der Waals surface area contributed by atoms with Gasteiger partial charge < -0.3 is 9.80 Å². The minimum absolute atomic E-state index is 0.147. The molecule has 29 heavy (non-hydrogen) atoms. The van der Waals surface area contributed by atoms with Gasteiger partial charge in [0.1, 0.15) is 0 Å². The zero-order valence-corrected chi connectivity index (χ0v) is 18.3. The lowest BCUT2D eigenvalue weighted by atomic mass is 10.1. The minimum atomic E-state index is 0.147. The monoisotopic (exact) mass is 412 g/mol. The fraction of sp³-hybridized carbons (Fsp3) is 0.565. The number of carbonyl (C=O) groups excluding carboxylic acids is 1. The Morgan fingerprint density at radius 3 is 2.31 bits per heavy atom. The third kappa shape index (κ3) is 5.17. The molecular formula is C23H32N4OS. The largest absolute Gasteiger partial charge is 0.345 e. The van der Waals surface area contributed by atoms with Crippen molar-refractivity contribution in [2.24, 2.45) is 0 Å². The number of carbonyl (C=O) groups is 1. The number of amides is 1. The van der Waals surface area contributed by atoms with Crippen LogP contribution in [0.25, 0.3) is 0 Å². The summed E-state index contributed by atoms with van der Waals surface area (Å²) in [6.45, 7) is 8.74. The van der Waals surface area contributed by atoms with Gasteiger partial charge in [-0.25, -0.2) is 4.98 Å². The molecule has 2 aliphatic rings. The van der Waals surface area contributed by atoms with Gasteiger partial charge in [0.15, 0.2) is 5.13 Å². The van der Waals surface area contributed by atoms with Gasteiger partial charge >= 0.3 is 0 Å². The fourth-order valence-corrected chi connectivity index (χ4v) is 5.07. The third-order valence-corrected chi connectivity index (χ3v) is 7.02. The van der Waals surface area contributed by atoms with Gasteiger partial charge in [-0.3, -0.25) is 9.69 Å². The number of hydrogen-bond donors (Lipinski definition) is 0. The second-order valence-electron chi connectivity index (χ2n) is 8.14. The third-order valence-electron chi connectivity index (χ3n) is 6.07. The van der Waals surface area contributed by atoms with Crippen LogP contribution >= 0.6 is 11.3 Å². The van der Waals surface area contributed by atoms with Gasteiger partial charge in [-0.05, 0) is 50.0 Å². The van der Waals surface area contributed by atoms with Crippen molar-refractivity contribution in [3.8, 4) is 0 Å². The standard InChI is InChI=1S/C23H32N4OS/c1-2-19-7-9-20(10-8-19)22(28)26-13-15-27(16-14-26)23-24-21(18-29-23)17-25-11-5-3-4-6-12-25/h7-10,18H,2-6,11-17H2,1H3. The molecule has 0 radical (unpaired) electrons. The first-order chi connectivity index (χ1) is 14.2. The molecule has 1 aromatic carbocycles. The van der Waals surface area contributed by atoms with Crippen molar-refractivity contribution >= 4 is 22.4 Å². The molecule has 6 heteroatoms. The molecule has 2 aliphatic heterocycles. The molecule has 5 nitrogen and oxygen atoms in total. The van der Waals surface area contributed by atoms with Gasteiger partial charge in [0.25, 0.3) is 5.91 Å². The lowest BCUT2D eigenvalue weighted by Gasteiger charge is -2.34. The SMILES string of the molecule is CCc1ccc(C(=O)N2CCN(c3nc(CN4CCCCCC4)cs3)CC2)cc1. The predicted molar refractivity (Wildman–Crippen MR) is 120 cm³/mol. The Morgan fingerprint density at radius 1 is 0.966 bits per heavy atom. The lowest BCUT2D eigenvalue weighted by Crippen LogP contribution is -2.48. The van der Waals surface area contributed by atoms with Gasteiger partial charge in [0.05, 0.1) is 5.69 Å². The van der Waals surface area contributed by atoms with Crippen molar-refractivity contribution in [3.63, 3.8) is 0 Å². The second-order valence-corrected chi connectivity index (χ2v) is 8.98. The Kier molecular flexibility index (Phi) is 6.82. The molecule has 0 bridgehead atoms. The van der Waals surface area contributed by atoms with Crippen LogP contribution in [0.15, 0.2) is 29.6 Å². The summed E-state index contributed by atoms with van der Waals surface area (Å²) < 4.78 is 0. The number of hydrogen-bond acceptors (Lipinski definition) is 5. The number of benzene rings is 1. The first-order valence-electron chi connectivity index (χ1n) is 11.0. The highest BCUT2D eigenvalue weighted by atomic mass is 32.1. The summed E-state index contributed by atoms with van der Waals surface area (Å²) in [7, 11) is 0. The summed E-state index contributed by atoms with van der Waals surface area (Å²) in [5.74, 6) is 0.147. The summed E-state index contributed by atoms with van der Waals surface area (Å²) in [6.07, 6.45) is 6.36. The van der Waals surface area contributed by atoms with E-state index in [1.807, 2.05) is 17.0 Å². The maximum atomic E-state index is 12.8. The van der Waals surface area contributed by atoms with Crippen LogP contribution < -0.4 is 4.90 Å². The molecular weight excluding hydrogens is 380 g/mol. The van der Waals surface area contributed by atoms with E-state index >= 15 is 0 Å². The quantitative estimate of drug-likeness (QED) is 0.743. The molecule has 0 N–H and O–H groups in total. The summed E-state index contributed by atoms with van der Waals surface area (Å²) >= 11 is 1.74. The van der Waals surface area contributed by atoms with Crippen molar-refractivity contribution in [2.75, 3.05) is 44.2 Å². The van der Waals surface area contributed by atoms with Crippen LogP contribution in [-0.4, -0.2) is 60.0 Å². The second kappa shape index (κ2) is 9.72. The summed E-state index contributed by atoms with van der Waals surface area (Å²) in [4.78, 5) is 24.5. The van der Waals surface area contributed by atoms with Gasteiger partial charge in [0, 0.05) is 43.7 Å². The molecule has 1 aromatic heterocycles. The van der Waals surface area contributed by atoms with E-state index in [1.165, 1.54) is 50.0 Å². The van der Waals surface area contributed by atoms with E-state index in [9.17, 15) is 4.79 Å². The van der Waals surface area contributed by atoms with Crippen LogP contribution in [0.3, 0.4) is 0 Å². The van der Waals surface area contributed by atoms with E-state index < -0.39 is 0 Å². The van der Waals surface area contributed by atoms with E-state index in [-0.39, 0.29) is 5.91 Å². The highest BCUT2D eigenvalue weighted by Crippen LogP contribution is 2.24. The number of likely N-dealkylation sites (tertiary alicyclic amines) is 1. The molecule has 2 fully saturated rings. The molecule has 4 rings (SSSR count). The Balaban J connectivity index is 1.30. The molecule has 2 aromatic rings. The number of anilines is 1. The first-order valence-corrected chi connectivity index (χ1v) is 11.9. The first kappa shape index (κ1) is 20.4. The number of piperazine rings is 1. The van der Waals surface area contributed by atoms with Gasteiger partial charge in [0.2, 0.25) is 0 Å². The summed E-state index contributed by atoms with van der Waals surface area (Å²) in [5.41, 5.74) is 3.26. The summed E-state index contributed by atoms with van der Waals surface area (Å²) in [5, 5.41) is 3.32. The zero-order valence-electron chi connectivity index (χ0n) is 17.5. The molecule has 0 atom stereocenters. The maximum Gasteiger partial charge on any atom is 0.253 e. The Bertz CT molecular complexity index is 787. The Morgan fingerprint density at radius 2 is 1.66 bits per heavy atom. The Labute approximate surface area is 178 Å². The molecule has 156 valence electrons. The van der Waals surface area contributed by atoms with Crippen molar-refractivity contribution in [1.29, 1.82) is 0 Å². The zero-order chi connectivity index (χ0) is 20.1. The van der Waals surface area contributed by atoms with E-state index in [4.69, 9.17) is 4.98 Å². The van der Waals surface area contributed by atoms with Crippen molar-refractivity contribution in [3.05, 3.63) is 46.5 Å². The number of aryl methyl sites for hydroxylation is 1. The number of nitrogens with zero attached hydrogens (tertiary/aromatic N) is 4. The average molecular weight is 413 g/mol. The molecule has 0 spiro atoms. The van der Waals surface area contributed by atoms with Crippen LogP contribution in [-0.2, 0) is 13.0 Å². The van der Waals surface area contributed by atoms with Crippen LogP contribution in [0.1, 0.15) is 54.2 Å². The smallest absolute Gasteiger partial charge is 0.253 e. The van der Waals surface area contributed by atoms with Crippen LogP contribution in [0.5, 0.6) is 0 Å². The predicted octanol–water partition coefficient (Wildman–Crippen LogP) is 4.04. The lowest BCUT2D eigenvalue weighted by molar-refractivity contribution is 0.0746. The highest BCUT2D eigenvalue weighted by Gasteiger charge is 2.24. The van der Waals surface area contributed by atoms with Crippen molar-refractivity contribution in [1.82, 2.24) is 14.8 Å². The van der Waals surface area contributed by atoms with E-state index in [1.54, 1.807) is 11.3 Å². The highest BCUT2D eigenvalue weighted by molar-refractivity contribution is 7.13. The normalized spacial score (nSPS) is 18.7.